The van der Waals surface area contributed by atoms with Crippen LogP contribution < -0.4 is 0 Å². The second-order valence-electron chi connectivity index (χ2n) is 6.67. The number of hydrogen-bond donors (Lipinski definition) is 0. The maximum absolute atomic E-state index is 12.3. The molecule has 0 N–H and O–H groups in total. The summed E-state index contributed by atoms with van der Waals surface area (Å²) in [4.78, 5) is 14.0. The predicted molar refractivity (Wildman–Crippen MR) is 73.8 cm³/mol. The molecule has 1 aliphatic carbocycles. The molecule has 2 fully saturated rings. The van der Waals surface area contributed by atoms with E-state index >= 15 is 0 Å². The zero-order valence-corrected chi connectivity index (χ0v) is 13.3. The molecule has 0 aromatic heterocycles. The van der Waals surface area contributed by atoms with Crippen molar-refractivity contribution < 1.29 is 22.1 Å². The predicted octanol–water partition coefficient (Wildman–Crippen LogP) is 1.75. The van der Waals surface area contributed by atoms with Gasteiger partial charge in [-0.15, -0.1) is 0 Å². The molecule has 1 aliphatic heterocycles. The molecule has 6 nitrogen and oxygen atoms in total. The van der Waals surface area contributed by atoms with Crippen LogP contribution in [-0.4, -0.2) is 50.0 Å². The summed E-state index contributed by atoms with van der Waals surface area (Å²) in [5.41, 5.74) is -0.554. The van der Waals surface area contributed by atoms with E-state index in [-0.39, 0.29) is 24.8 Å². The lowest BCUT2D eigenvalue weighted by molar-refractivity contribution is 0.00164. The van der Waals surface area contributed by atoms with Gasteiger partial charge in [-0.2, -0.15) is 8.42 Å². The van der Waals surface area contributed by atoms with Crippen LogP contribution >= 0.6 is 0 Å². The van der Waals surface area contributed by atoms with Gasteiger partial charge in [0.15, 0.2) is 0 Å². The van der Waals surface area contributed by atoms with E-state index in [9.17, 15) is 13.2 Å². The molecule has 20 heavy (non-hydrogen) atoms. The monoisotopic (exact) mass is 305 g/mol. The van der Waals surface area contributed by atoms with Crippen molar-refractivity contribution in [3.05, 3.63) is 0 Å². The SMILES string of the molecule is CC(C)(C)OC(=O)N1[C@H]2CC[C@H](C2)[C@@H]1COS(C)(=O)=O. The first-order valence-electron chi connectivity index (χ1n) is 6.92. The maximum atomic E-state index is 12.3. The molecule has 0 aromatic rings. The van der Waals surface area contributed by atoms with Gasteiger partial charge in [0.1, 0.15) is 5.60 Å². The molecule has 1 saturated carbocycles. The van der Waals surface area contributed by atoms with E-state index in [2.05, 4.69) is 0 Å². The fraction of sp³-hybridized carbons (Fsp3) is 0.923. The van der Waals surface area contributed by atoms with E-state index < -0.39 is 15.7 Å². The van der Waals surface area contributed by atoms with E-state index in [1.807, 2.05) is 20.8 Å². The van der Waals surface area contributed by atoms with Crippen LogP contribution in [0.3, 0.4) is 0 Å². The third-order valence-electron chi connectivity index (χ3n) is 3.80. The zero-order valence-electron chi connectivity index (χ0n) is 12.5. The minimum atomic E-state index is -3.49. The summed E-state index contributed by atoms with van der Waals surface area (Å²) < 4.78 is 32.6. The Hall–Kier alpha value is -0.820. The summed E-state index contributed by atoms with van der Waals surface area (Å²) in [7, 11) is -3.49. The fourth-order valence-electron chi connectivity index (χ4n) is 3.10. The van der Waals surface area contributed by atoms with Gasteiger partial charge in [0.05, 0.1) is 18.9 Å². The first kappa shape index (κ1) is 15.6. The van der Waals surface area contributed by atoms with Crippen molar-refractivity contribution in [1.29, 1.82) is 0 Å². The number of fused-ring (bicyclic) bond motifs is 2. The highest BCUT2D eigenvalue weighted by Gasteiger charge is 2.49. The second-order valence-corrected chi connectivity index (χ2v) is 8.31. The number of rotatable bonds is 3. The Morgan fingerprint density at radius 2 is 1.95 bits per heavy atom. The lowest BCUT2D eigenvalue weighted by Crippen LogP contribution is -2.49. The average Bonchev–Trinajstić information content (AvgIpc) is 2.81. The Morgan fingerprint density at radius 1 is 1.30 bits per heavy atom. The Balaban J connectivity index is 2.07. The van der Waals surface area contributed by atoms with E-state index in [1.165, 1.54) is 0 Å². The molecular weight excluding hydrogens is 282 g/mol. The molecule has 2 rings (SSSR count). The van der Waals surface area contributed by atoms with Crippen LogP contribution in [0.2, 0.25) is 0 Å². The van der Waals surface area contributed by atoms with Gasteiger partial charge in [-0.25, -0.2) is 4.79 Å². The van der Waals surface area contributed by atoms with Gasteiger partial charge in [0, 0.05) is 6.04 Å². The normalized spacial score (nSPS) is 29.8. The number of ether oxygens (including phenoxy) is 1. The minimum absolute atomic E-state index is 0.0270. The highest BCUT2D eigenvalue weighted by Crippen LogP contribution is 2.43. The summed E-state index contributed by atoms with van der Waals surface area (Å²) in [5.74, 6) is 0.314. The fourth-order valence-corrected chi connectivity index (χ4v) is 3.49. The van der Waals surface area contributed by atoms with E-state index in [4.69, 9.17) is 8.92 Å². The maximum Gasteiger partial charge on any atom is 0.410 e. The number of hydrogen-bond acceptors (Lipinski definition) is 5. The highest BCUT2D eigenvalue weighted by molar-refractivity contribution is 7.85. The molecule has 3 atom stereocenters. The van der Waals surface area contributed by atoms with Gasteiger partial charge in [-0.3, -0.25) is 9.08 Å². The van der Waals surface area contributed by atoms with Gasteiger partial charge < -0.3 is 4.74 Å². The van der Waals surface area contributed by atoms with Gasteiger partial charge in [0.2, 0.25) is 0 Å². The summed E-state index contributed by atoms with van der Waals surface area (Å²) in [5, 5.41) is 0. The molecule has 2 aliphatic rings. The molecular formula is C13H23NO5S. The molecule has 7 heteroatoms. The van der Waals surface area contributed by atoms with Gasteiger partial charge >= 0.3 is 6.09 Å². The molecule has 116 valence electrons. The molecule has 0 radical (unpaired) electrons. The molecule has 0 aromatic carbocycles. The van der Waals surface area contributed by atoms with Crippen LogP contribution in [0, 0.1) is 5.92 Å². The van der Waals surface area contributed by atoms with Crippen LogP contribution in [0.1, 0.15) is 40.0 Å². The summed E-state index contributed by atoms with van der Waals surface area (Å²) in [6.07, 6.45) is 3.54. The van der Waals surface area contributed by atoms with E-state index in [1.54, 1.807) is 4.90 Å². The Labute approximate surface area is 120 Å². The van der Waals surface area contributed by atoms with E-state index in [0.717, 1.165) is 25.5 Å². The first-order chi connectivity index (χ1) is 9.07. The van der Waals surface area contributed by atoms with Crippen LogP contribution in [0.5, 0.6) is 0 Å². The molecule has 0 spiro atoms. The highest BCUT2D eigenvalue weighted by atomic mass is 32.2. The average molecular weight is 305 g/mol. The van der Waals surface area contributed by atoms with Crippen molar-refractivity contribution in [1.82, 2.24) is 4.90 Å². The van der Waals surface area contributed by atoms with Gasteiger partial charge in [0.25, 0.3) is 10.1 Å². The number of nitrogens with zero attached hydrogens (tertiary/aromatic N) is 1. The zero-order chi connectivity index (χ0) is 15.1. The number of carbonyl (C=O) groups is 1. The van der Waals surface area contributed by atoms with E-state index in [0.29, 0.717) is 5.92 Å². The molecule has 1 amide bonds. The van der Waals surface area contributed by atoms with Crippen LogP contribution in [-0.2, 0) is 19.0 Å². The van der Waals surface area contributed by atoms with Gasteiger partial charge in [-0.05, 0) is 46.0 Å². The summed E-state index contributed by atoms with van der Waals surface area (Å²) in [6, 6.07) is -0.0404. The number of likely N-dealkylation sites (tertiary alicyclic amines) is 1. The lowest BCUT2D eigenvalue weighted by atomic mass is 10.00. The quantitative estimate of drug-likeness (QED) is 0.743. The van der Waals surface area contributed by atoms with Crippen molar-refractivity contribution >= 4 is 16.2 Å². The standard InChI is InChI=1S/C13H23NO5S/c1-13(2,3)19-12(15)14-10-6-5-9(7-10)11(14)8-18-20(4,16)17/h9-11H,5-8H2,1-4H3/t9-,10+,11+/m1/s1. The number of carbonyl (C=O) groups excluding carboxylic acids is 1. The van der Waals surface area contributed by atoms with Crippen molar-refractivity contribution in [2.45, 2.75) is 57.7 Å². The minimum Gasteiger partial charge on any atom is -0.444 e. The Morgan fingerprint density at radius 3 is 2.50 bits per heavy atom. The van der Waals surface area contributed by atoms with Gasteiger partial charge in [-0.1, -0.05) is 0 Å². The summed E-state index contributed by atoms with van der Waals surface area (Å²) >= 11 is 0. The lowest BCUT2D eigenvalue weighted by Gasteiger charge is -2.36. The third kappa shape index (κ3) is 3.63. The molecule has 0 unspecified atom stereocenters. The molecule has 2 bridgehead atoms. The second kappa shape index (κ2) is 5.18. The number of amides is 1. The van der Waals surface area contributed by atoms with Crippen LogP contribution in [0.4, 0.5) is 4.79 Å². The topological polar surface area (TPSA) is 72.9 Å². The molecule has 1 heterocycles. The van der Waals surface area contributed by atoms with Crippen molar-refractivity contribution in [3.63, 3.8) is 0 Å². The molecule has 1 saturated heterocycles. The van der Waals surface area contributed by atoms with Crippen molar-refractivity contribution in [2.75, 3.05) is 12.9 Å². The summed E-state index contributed by atoms with van der Waals surface area (Å²) in [6.45, 7) is 5.49. The van der Waals surface area contributed by atoms with Crippen LogP contribution in [0.15, 0.2) is 0 Å². The Kier molecular flexibility index (Phi) is 4.03. The first-order valence-corrected chi connectivity index (χ1v) is 8.74. The van der Waals surface area contributed by atoms with Crippen LogP contribution in [0.25, 0.3) is 0 Å². The largest absolute Gasteiger partial charge is 0.444 e. The number of piperidine rings is 1. The Bertz CT molecular complexity index is 481. The third-order valence-corrected chi connectivity index (χ3v) is 4.36. The van der Waals surface area contributed by atoms with Crippen molar-refractivity contribution in [2.24, 2.45) is 5.92 Å². The smallest absolute Gasteiger partial charge is 0.410 e. The van der Waals surface area contributed by atoms with Crippen molar-refractivity contribution in [3.8, 4) is 0 Å².